The molecule has 0 amide bonds. The van der Waals surface area contributed by atoms with Crippen molar-refractivity contribution >= 4 is 16.8 Å². The van der Waals surface area contributed by atoms with Crippen LogP contribution < -0.4 is 0 Å². The van der Waals surface area contributed by atoms with E-state index < -0.39 is 26.9 Å². The van der Waals surface area contributed by atoms with Crippen LogP contribution in [0.4, 0.5) is 8.22 Å². The maximum atomic E-state index is 16.3. The van der Waals surface area contributed by atoms with Crippen LogP contribution in [0.1, 0.15) is 52.7 Å². The second kappa shape index (κ2) is 8.35. The molecule has 2 atom stereocenters. The Morgan fingerprint density at radius 3 is 1.14 bits per heavy atom. The molecule has 0 aliphatic heterocycles. The van der Waals surface area contributed by atoms with E-state index in [-0.39, 0.29) is 0 Å². The van der Waals surface area contributed by atoms with Crippen molar-refractivity contribution < 1.29 is 8.22 Å². The number of hydrogen-bond donors (Lipinski definition) is 0. The summed E-state index contributed by atoms with van der Waals surface area (Å²) in [5.74, 6) is 0. The zero-order valence-electron chi connectivity index (χ0n) is 17.9. The van der Waals surface area contributed by atoms with Gasteiger partial charge in [-0.1, -0.05) is 113 Å². The first-order valence-corrected chi connectivity index (χ1v) is 14.0. The molecule has 28 heavy (non-hydrogen) atoms. The van der Waals surface area contributed by atoms with E-state index in [1.807, 2.05) is 102 Å². The van der Waals surface area contributed by atoms with Crippen LogP contribution >= 0.6 is 0 Å². The molecule has 0 saturated carbocycles. The molecule has 0 bridgehead atoms. The van der Waals surface area contributed by atoms with Gasteiger partial charge in [0, 0.05) is 12.1 Å². The van der Waals surface area contributed by atoms with Gasteiger partial charge in [-0.2, -0.15) is 0 Å². The number of benzene rings is 2. The Morgan fingerprint density at radius 2 is 0.893 bits per heavy atom. The standard InChI is InChI=1S/C24H32F2Si2/c1-23(2,3)27(25,19-21-13-9-7-10-14-21)17-18-28(26,24(4,5)6)20-22-15-11-8-12-16-22/h7-16H,19-20H2,1-6H3. The van der Waals surface area contributed by atoms with Crippen molar-refractivity contribution in [3.05, 3.63) is 71.8 Å². The summed E-state index contributed by atoms with van der Waals surface area (Å²) < 4.78 is 32.5. The third kappa shape index (κ3) is 5.42. The fourth-order valence-corrected chi connectivity index (χ4v) is 8.12. The van der Waals surface area contributed by atoms with Gasteiger partial charge in [0.15, 0.2) is 0 Å². The summed E-state index contributed by atoms with van der Waals surface area (Å²) in [5.41, 5.74) is 7.79. The van der Waals surface area contributed by atoms with Crippen LogP contribution in [0, 0.1) is 11.1 Å². The Morgan fingerprint density at radius 1 is 0.607 bits per heavy atom. The first kappa shape index (κ1) is 22.6. The lowest BCUT2D eigenvalue weighted by Gasteiger charge is -2.33. The second-order valence-electron chi connectivity index (χ2n) is 9.68. The van der Waals surface area contributed by atoms with Gasteiger partial charge in [0.2, 0.25) is 0 Å². The zero-order valence-corrected chi connectivity index (χ0v) is 19.9. The fraction of sp³-hybridized carbons (Fsp3) is 0.417. The lowest BCUT2D eigenvalue weighted by Crippen LogP contribution is -2.45. The van der Waals surface area contributed by atoms with Gasteiger partial charge in [-0.3, -0.25) is 8.22 Å². The highest BCUT2D eigenvalue weighted by Gasteiger charge is 2.49. The molecule has 0 N–H and O–H groups in total. The van der Waals surface area contributed by atoms with Crippen LogP contribution in [0.5, 0.6) is 0 Å². The largest absolute Gasteiger partial charge is 0.331 e. The maximum absolute atomic E-state index is 16.3. The van der Waals surface area contributed by atoms with Crippen LogP contribution in [0.3, 0.4) is 0 Å². The molecule has 4 heteroatoms. The van der Waals surface area contributed by atoms with E-state index in [2.05, 4.69) is 11.1 Å². The van der Waals surface area contributed by atoms with Gasteiger partial charge in [-0.25, -0.2) is 0 Å². The Bertz CT molecular complexity index is 757. The summed E-state index contributed by atoms with van der Waals surface area (Å²) in [4.78, 5) is 0. The van der Waals surface area contributed by atoms with Gasteiger partial charge in [0.25, 0.3) is 0 Å². The minimum absolute atomic E-state index is 0.296. The van der Waals surface area contributed by atoms with Crippen molar-refractivity contribution in [2.24, 2.45) is 0 Å². The number of halogens is 2. The van der Waals surface area contributed by atoms with E-state index in [1.54, 1.807) is 0 Å². The van der Waals surface area contributed by atoms with Gasteiger partial charge < -0.3 is 0 Å². The van der Waals surface area contributed by atoms with Crippen LogP contribution in [-0.2, 0) is 12.1 Å². The van der Waals surface area contributed by atoms with Crippen molar-refractivity contribution in [1.82, 2.24) is 0 Å². The van der Waals surface area contributed by atoms with Crippen molar-refractivity contribution in [3.63, 3.8) is 0 Å². The van der Waals surface area contributed by atoms with Gasteiger partial charge in [0.05, 0.1) is 0 Å². The summed E-state index contributed by atoms with van der Waals surface area (Å²) in [6.45, 7) is 11.4. The molecule has 0 aliphatic rings. The Kier molecular flexibility index (Phi) is 6.73. The second-order valence-corrected chi connectivity index (χ2v) is 17.1. The van der Waals surface area contributed by atoms with E-state index >= 15 is 8.22 Å². The highest BCUT2D eigenvalue weighted by atomic mass is 28.4. The van der Waals surface area contributed by atoms with Crippen molar-refractivity contribution in [3.8, 4) is 11.1 Å². The molecule has 0 radical (unpaired) electrons. The molecule has 2 aromatic rings. The molecule has 2 rings (SSSR count). The number of rotatable bonds is 4. The normalized spacial score (nSPS) is 16.4. The van der Waals surface area contributed by atoms with E-state index in [1.165, 1.54) is 0 Å². The molecule has 0 spiro atoms. The monoisotopic (exact) mass is 414 g/mol. The highest BCUT2D eigenvalue weighted by molar-refractivity contribution is 6.88. The van der Waals surface area contributed by atoms with E-state index in [0.29, 0.717) is 12.1 Å². The van der Waals surface area contributed by atoms with Crippen molar-refractivity contribution in [1.29, 1.82) is 0 Å². The third-order valence-corrected chi connectivity index (χ3v) is 13.3. The molecule has 0 heterocycles. The molecular formula is C24H32F2Si2. The van der Waals surface area contributed by atoms with Gasteiger partial charge in [0.1, 0.15) is 0 Å². The van der Waals surface area contributed by atoms with Crippen molar-refractivity contribution in [2.45, 2.75) is 63.7 Å². The predicted octanol–water partition coefficient (Wildman–Crippen LogP) is 7.06. The lowest BCUT2D eigenvalue weighted by molar-refractivity contribution is 0.616. The van der Waals surface area contributed by atoms with Crippen LogP contribution in [-0.4, -0.2) is 16.8 Å². The Hall–Kier alpha value is -1.71. The zero-order chi connectivity index (χ0) is 21.1. The maximum Gasteiger partial charge on any atom is 0.331 e. The predicted molar refractivity (Wildman–Crippen MR) is 121 cm³/mol. The van der Waals surface area contributed by atoms with Crippen LogP contribution in [0.25, 0.3) is 0 Å². The van der Waals surface area contributed by atoms with Crippen molar-refractivity contribution in [2.75, 3.05) is 0 Å². The minimum atomic E-state index is -3.56. The number of hydrogen-bond acceptors (Lipinski definition) is 0. The lowest BCUT2D eigenvalue weighted by atomic mass is 10.2. The minimum Gasteiger partial charge on any atom is -0.296 e. The topological polar surface area (TPSA) is 0 Å². The first-order chi connectivity index (χ1) is 12.9. The summed E-state index contributed by atoms with van der Waals surface area (Å²) in [5, 5.41) is -1.18. The average Bonchev–Trinajstić information content (AvgIpc) is 2.60. The smallest absolute Gasteiger partial charge is 0.296 e. The molecule has 150 valence electrons. The summed E-state index contributed by atoms with van der Waals surface area (Å²) in [6, 6.07) is 19.8. The third-order valence-electron chi connectivity index (χ3n) is 5.42. The molecule has 0 saturated heterocycles. The molecule has 2 aromatic carbocycles. The van der Waals surface area contributed by atoms with E-state index in [9.17, 15) is 0 Å². The highest BCUT2D eigenvalue weighted by Crippen LogP contribution is 2.41. The summed E-state index contributed by atoms with van der Waals surface area (Å²) >= 11 is 0. The molecule has 0 aliphatic carbocycles. The first-order valence-electron chi connectivity index (χ1n) is 9.86. The Labute approximate surface area is 171 Å². The summed E-state index contributed by atoms with van der Waals surface area (Å²) in [6.07, 6.45) is 0. The average molecular weight is 415 g/mol. The van der Waals surface area contributed by atoms with E-state index in [0.717, 1.165) is 11.1 Å². The van der Waals surface area contributed by atoms with E-state index in [4.69, 9.17) is 0 Å². The van der Waals surface area contributed by atoms with Gasteiger partial charge >= 0.3 is 16.8 Å². The van der Waals surface area contributed by atoms with Gasteiger partial charge in [-0.15, -0.1) is 0 Å². The Balaban J connectivity index is 2.45. The molecule has 0 fully saturated rings. The SMILES string of the molecule is CC(C)(C)[Si](F)(C#C[Si](F)(Cc1ccccc1)C(C)(C)C)Cc1ccccc1. The molecule has 0 aromatic heterocycles. The molecule has 0 nitrogen and oxygen atoms in total. The quantitative estimate of drug-likeness (QED) is 0.285. The summed E-state index contributed by atoms with van der Waals surface area (Å²) in [7, 11) is -7.13. The van der Waals surface area contributed by atoms with Gasteiger partial charge in [-0.05, 0) is 21.2 Å². The fourth-order valence-electron chi connectivity index (χ4n) is 2.95. The molecular weight excluding hydrogens is 382 g/mol. The van der Waals surface area contributed by atoms with Crippen LogP contribution in [0.15, 0.2) is 60.7 Å². The van der Waals surface area contributed by atoms with Crippen LogP contribution in [0.2, 0.25) is 10.1 Å². The molecule has 2 unspecified atom stereocenters.